The van der Waals surface area contributed by atoms with Crippen LogP contribution in [0.1, 0.15) is 46.4 Å². The molecule has 2 aromatic rings. The SMILES string of the molecule is O=C(NC(=S)Nc1ccc(C(=O)N2CCCCCC2)cc1)c1ccccc1F. The molecule has 1 fully saturated rings. The number of nitrogens with zero attached hydrogens (tertiary/aromatic N) is 1. The van der Waals surface area contributed by atoms with Gasteiger partial charge in [0.1, 0.15) is 5.82 Å². The van der Waals surface area contributed by atoms with Crippen LogP contribution in [0.2, 0.25) is 0 Å². The minimum Gasteiger partial charge on any atom is -0.339 e. The highest BCUT2D eigenvalue weighted by atomic mass is 32.1. The van der Waals surface area contributed by atoms with Crippen molar-refractivity contribution in [3.8, 4) is 0 Å². The molecule has 2 aromatic carbocycles. The van der Waals surface area contributed by atoms with Gasteiger partial charge < -0.3 is 10.2 Å². The van der Waals surface area contributed by atoms with Gasteiger partial charge in [0.05, 0.1) is 5.56 Å². The molecule has 28 heavy (non-hydrogen) atoms. The molecule has 2 amide bonds. The molecule has 146 valence electrons. The van der Waals surface area contributed by atoms with Crippen LogP contribution in [-0.2, 0) is 0 Å². The lowest BCUT2D eigenvalue weighted by atomic mass is 10.1. The van der Waals surface area contributed by atoms with E-state index in [-0.39, 0.29) is 16.6 Å². The highest BCUT2D eigenvalue weighted by molar-refractivity contribution is 7.80. The molecule has 7 heteroatoms. The van der Waals surface area contributed by atoms with Crippen LogP contribution in [0.15, 0.2) is 48.5 Å². The average molecular weight is 399 g/mol. The molecule has 5 nitrogen and oxygen atoms in total. The minimum absolute atomic E-state index is 0.0314. The third-order valence-electron chi connectivity index (χ3n) is 4.63. The number of benzene rings is 2. The molecule has 0 aromatic heterocycles. The second-order valence-corrected chi connectivity index (χ2v) is 7.08. The van der Waals surface area contributed by atoms with E-state index in [0.29, 0.717) is 11.3 Å². The summed E-state index contributed by atoms with van der Waals surface area (Å²) in [5.74, 6) is -1.20. The molecule has 0 spiro atoms. The van der Waals surface area contributed by atoms with E-state index in [1.54, 1.807) is 30.3 Å². The first-order valence-corrected chi connectivity index (χ1v) is 9.71. The number of thiocarbonyl (C=S) groups is 1. The van der Waals surface area contributed by atoms with Gasteiger partial charge in [-0.15, -0.1) is 0 Å². The quantitative estimate of drug-likeness (QED) is 0.767. The van der Waals surface area contributed by atoms with E-state index in [1.807, 2.05) is 4.90 Å². The standard InChI is InChI=1S/C21H22FN3O2S/c22-18-8-4-3-7-17(18)19(26)24-21(28)23-16-11-9-15(10-12-16)20(27)25-13-5-1-2-6-14-25/h3-4,7-12H,1-2,5-6,13-14H2,(H2,23,24,26,28). The van der Waals surface area contributed by atoms with E-state index in [4.69, 9.17) is 12.2 Å². The maximum absolute atomic E-state index is 13.7. The van der Waals surface area contributed by atoms with E-state index in [2.05, 4.69) is 10.6 Å². The molecule has 2 N–H and O–H groups in total. The number of rotatable bonds is 3. The lowest BCUT2D eigenvalue weighted by molar-refractivity contribution is 0.0761. The zero-order valence-corrected chi connectivity index (χ0v) is 16.2. The predicted molar refractivity (Wildman–Crippen MR) is 111 cm³/mol. The third-order valence-corrected chi connectivity index (χ3v) is 4.83. The Labute approximate surface area is 168 Å². The molecule has 1 aliphatic rings. The highest BCUT2D eigenvalue weighted by Gasteiger charge is 2.17. The maximum Gasteiger partial charge on any atom is 0.260 e. The van der Waals surface area contributed by atoms with E-state index >= 15 is 0 Å². The summed E-state index contributed by atoms with van der Waals surface area (Å²) < 4.78 is 13.7. The molecule has 1 saturated heterocycles. The fourth-order valence-corrected chi connectivity index (χ4v) is 3.34. The van der Waals surface area contributed by atoms with Gasteiger partial charge in [-0.1, -0.05) is 25.0 Å². The Bertz CT molecular complexity index is 862. The largest absolute Gasteiger partial charge is 0.339 e. The molecule has 0 atom stereocenters. The van der Waals surface area contributed by atoms with Crippen molar-refractivity contribution in [1.82, 2.24) is 10.2 Å². The summed E-state index contributed by atoms with van der Waals surface area (Å²) >= 11 is 5.12. The summed E-state index contributed by atoms with van der Waals surface area (Å²) in [5, 5.41) is 5.37. The van der Waals surface area contributed by atoms with Gasteiger partial charge in [0.25, 0.3) is 11.8 Å². The van der Waals surface area contributed by atoms with Gasteiger partial charge in [0.2, 0.25) is 0 Å². The van der Waals surface area contributed by atoms with Crippen LogP contribution >= 0.6 is 12.2 Å². The number of halogens is 1. The lowest BCUT2D eigenvalue weighted by Crippen LogP contribution is -2.34. The van der Waals surface area contributed by atoms with Crippen molar-refractivity contribution < 1.29 is 14.0 Å². The van der Waals surface area contributed by atoms with Crippen LogP contribution in [0.4, 0.5) is 10.1 Å². The zero-order chi connectivity index (χ0) is 19.9. The second-order valence-electron chi connectivity index (χ2n) is 6.67. The van der Waals surface area contributed by atoms with Crippen molar-refractivity contribution in [2.24, 2.45) is 0 Å². The van der Waals surface area contributed by atoms with Crippen molar-refractivity contribution >= 4 is 34.8 Å². The van der Waals surface area contributed by atoms with Crippen molar-refractivity contribution in [2.45, 2.75) is 25.7 Å². The number of hydrogen-bond donors (Lipinski definition) is 2. The van der Waals surface area contributed by atoms with E-state index in [9.17, 15) is 14.0 Å². The van der Waals surface area contributed by atoms with Gasteiger partial charge in [-0.05, 0) is 61.5 Å². The Morgan fingerprint density at radius 1 is 0.929 bits per heavy atom. The first-order chi connectivity index (χ1) is 13.5. The maximum atomic E-state index is 13.7. The number of likely N-dealkylation sites (tertiary alicyclic amines) is 1. The Morgan fingerprint density at radius 2 is 1.57 bits per heavy atom. The summed E-state index contributed by atoms with van der Waals surface area (Å²) in [7, 11) is 0. The van der Waals surface area contributed by atoms with Crippen molar-refractivity contribution in [2.75, 3.05) is 18.4 Å². The number of carbonyl (C=O) groups is 2. The number of anilines is 1. The molecule has 0 bridgehead atoms. The molecule has 1 aliphatic heterocycles. The molecule has 0 unspecified atom stereocenters. The zero-order valence-electron chi connectivity index (χ0n) is 15.4. The monoisotopic (exact) mass is 399 g/mol. The van der Waals surface area contributed by atoms with Crippen molar-refractivity contribution in [3.63, 3.8) is 0 Å². The summed E-state index contributed by atoms with van der Waals surface area (Å²) in [6.45, 7) is 1.59. The first kappa shape index (κ1) is 19.9. The highest BCUT2D eigenvalue weighted by Crippen LogP contribution is 2.16. The van der Waals surface area contributed by atoms with Crippen LogP contribution in [0.3, 0.4) is 0 Å². The number of amides is 2. The summed E-state index contributed by atoms with van der Waals surface area (Å²) in [6.07, 6.45) is 4.42. The van der Waals surface area contributed by atoms with Gasteiger partial charge in [-0.3, -0.25) is 14.9 Å². The number of nitrogens with one attached hydrogen (secondary N) is 2. The first-order valence-electron chi connectivity index (χ1n) is 9.31. The molecule has 0 radical (unpaired) electrons. The lowest BCUT2D eigenvalue weighted by Gasteiger charge is -2.20. The minimum atomic E-state index is -0.622. The van der Waals surface area contributed by atoms with Crippen LogP contribution in [0, 0.1) is 5.82 Å². The Balaban J connectivity index is 1.57. The summed E-state index contributed by atoms with van der Waals surface area (Å²) in [5.41, 5.74) is 1.17. The molecule has 1 heterocycles. The Kier molecular flexibility index (Phi) is 6.71. The van der Waals surface area contributed by atoms with Gasteiger partial charge in [-0.25, -0.2) is 4.39 Å². The molecule has 3 rings (SSSR count). The second kappa shape index (κ2) is 9.41. The number of hydrogen-bond acceptors (Lipinski definition) is 3. The van der Waals surface area contributed by atoms with E-state index in [1.165, 1.54) is 31.0 Å². The normalized spacial score (nSPS) is 14.1. The van der Waals surface area contributed by atoms with E-state index in [0.717, 1.165) is 25.9 Å². The molecular formula is C21H22FN3O2S. The van der Waals surface area contributed by atoms with Crippen LogP contribution in [0.25, 0.3) is 0 Å². The summed E-state index contributed by atoms with van der Waals surface area (Å²) in [4.78, 5) is 26.6. The average Bonchev–Trinajstić information content (AvgIpc) is 2.97. The molecule has 0 aliphatic carbocycles. The van der Waals surface area contributed by atoms with Gasteiger partial charge in [-0.2, -0.15) is 0 Å². The van der Waals surface area contributed by atoms with Gasteiger partial charge >= 0.3 is 0 Å². The van der Waals surface area contributed by atoms with Gasteiger partial charge in [0, 0.05) is 24.3 Å². The van der Waals surface area contributed by atoms with Crippen LogP contribution in [0.5, 0.6) is 0 Å². The summed E-state index contributed by atoms with van der Waals surface area (Å²) in [6, 6.07) is 12.6. The fourth-order valence-electron chi connectivity index (χ4n) is 3.13. The van der Waals surface area contributed by atoms with E-state index < -0.39 is 11.7 Å². The van der Waals surface area contributed by atoms with Crippen LogP contribution in [-0.4, -0.2) is 34.9 Å². The van der Waals surface area contributed by atoms with Crippen molar-refractivity contribution in [3.05, 3.63) is 65.5 Å². The van der Waals surface area contributed by atoms with Crippen molar-refractivity contribution in [1.29, 1.82) is 0 Å². The Hall–Kier alpha value is -2.80. The number of carbonyl (C=O) groups excluding carboxylic acids is 2. The topological polar surface area (TPSA) is 61.4 Å². The molecule has 0 saturated carbocycles. The third kappa shape index (κ3) is 5.13. The van der Waals surface area contributed by atoms with Crippen LogP contribution < -0.4 is 10.6 Å². The predicted octanol–water partition coefficient (Wildman–Crippen LogP) is 3.97. The van der Waals surface area contributed by atoms with Gasteiger partial charge in [0.15, 0.2) is 5.11 Å². The molecular weight excluding hydrogens is 377 g/mol. The fraction of sp³-hybridized carbons (Fsp3) is 0.286. The Morgan fingerprint density at radius 3 is 2.21 bits per heavy atom. The smallest absolute Gasteiger partial charge is 0.260 e.